The molecule has 0 amide bonds. The van der Waals surface area contributed by atoms with E-state index in [1.54, 1.807) is 0 Å². The van der Waals surface area contributed by atoms with Crippen LogP contribution in [0.3, 0.4) is 0 Å². The number of hydrogen-bond donors (Lipinski definition) is 0. The fraction of sp³-hybridized carbons (Fsp3) is 0.0851. The fourth-order valence-electron chi connectivity index (χ4n) is 8.04. The van der Waals surface area contributed by atoms with E-state index in [4.69, 9.17) is 19.4 Å². The molecular formula is C47H34N4O. The van der Waals surface area contributed by atoms with Crippen molar-refractivity contribution in [3.8, 4) is 28.2 Å². The van der Waals surface area contributed by atoms with Crippen LogP contribution >= 0.6 is 0 Å². The Morgan fingerprint density at radius 1 is 0.558 bits per heavy atom. The minimum absolute atomic E-state index is 0.833. The molecule has 5 heterocycles. The van der Waals surface area contributed by atoms with Crippen LogP contribution in [0.5, 0.6) is 0 Å². The van der Waals surface area contributed by atoms with Gasteiger partial charge in [0.1, 0.15) is 11.2 Å². The Bertz CT molecular complexity index is 2770. The third kappa shape index (κ3) is 5.13. The zero-order valence-electron chi connectivity index (χ0n) is 28.5. The average Bonchev–Trinajstić information content (AvgIpc) is 3.47. The molecule has 10 rings (SSSR count). The number of aromatic nitrogens is 4. The van der Waals surface area contributed by atoms with Crippen LogP contribution < -0.4 is 0 Å². The van der Waals surface area contributed by atoms with Crippen molar-refractivity contribution in [2.75, 3.05) is 0 Å². The molecule has 0 saturated heterocycles. The highest BCUT2D eigenvalue weighted by Gasteiger charge is 2.23. The van der Waals surface area contributed by atoms with Gasteiger partial charge in [-0.1, -0.05) is 66.8 Å². The van der Waals surface area contributed by atoms with Crippen molar-refractivity contribution in [1.29, 1.82) is 0 Å². The molecule has 5 nitrogen and oxygen atoms in total. The van der Waals surface area contributed by atoms with Crippen molar-refractivity contribution < 1.29 is 4.42 Å². The molecule has 0 bridgehead atoms. The molecule has 0 atom stereocenters. The van der Waals surface area contributed by atoms with E-state index in [1.807, 2.05) is 55.0 Å². The Kier molecular flexibility index (Phi) is 7.35. The average molecular weight is 671 g/mol. The van der Waals surface area contributed by atoms with Crippen LogP contribution in [0.1, 0.15) is 29.8 Å². The Labute approximate surface area is 301 Å². The maximum atomic E-state index is 6.55. The maximum Gasteiger partial charge on any atom is 0.136 e. The van der Waals surface area contributed by atoms with Crippen molar-refractivity contribution in [3.63, 3.8) is 0 Å². The molecule has 5 heteroatoms. The van der Waals surface area contributed by atoms with Crippen molar-refractivity contribution >= 4 is 38.4 Å². The van der Waals surface area contributed by atoms with Gasteiger partial charge in [0.15, 0.2) is 0 Å². The van der Waals surface area contributed by atoms with Gasteiger partial charge >= 0.3 is 0 Å². The van der Waals surface area contributed by atoms with E-state index in [0.717, 1.165) is 81.5 Å². The lowest BCUT2D eigenvalue weighted by Gasteiger charge is -2.14. The van der Waals surface area contributed by atoms with Crippen LogP contribution in [-0.4, -0.2) is 19.5 Å². The number of para-hydroxylation sites is 1. The summed E-state index contributed by atoms with van der Waals surface area (Å²) in [6.07, 6.45) is 20.7. The zero-order valence-corrected chi connectivity index (χ0v) is 28.5. The lowest BCUT2D eigenvalue weighted by molar-refractivity contribution is 0.669. The van der Waals surface area contributed by atoms with Gasteiger partial charge in [0.2, 0.25) is 0 Å². The van der Waals surface area contributed by atoms with E-state index in [9.17, 15) is 0 Å². The molecule has 0 aliphatic heterocycles. The summed E-state index contributed by atoms with van der Waals surface area (Å²) in [5.74, 6) is 0. The minimum atomic E-state index is 0.833. The van der Waals surface area contributed by atoms with Gasteiger partial charge in [0.25, 0.3) is 0 Å². The standard InChI is InChI=1S/C47H34N4O/c1-2-12-33(34(13-3-1)41-15-6-9-25-48-41)31-19-22-36-35-14-4-5-18-44(35)51(45(36)23-20-31)32-21-24-46-39(28-32)40-29-37(42-16-7-10-26-49-42)38(30-47(40)52-46)43-17-8-11-27-50-43/h2-19,21,24-30H,1,20,22-23H2. The Morgan fingerprint density at radius 3 is 1.98 bits per heavy atom. The monoisotopic (exact) mass is 670 g/mol. The summed E-state index contributed by atoms with van der Waals surface area (Å²) in [5.41, 5.74) is 15.5. The molecule has 0 fully saturated rings. The molecule has 0 N–H and O–H groups in total. The highest BCUT2D eigenvalue weighted by Crippen LogP contribution is 2.41. The second kappa shape index (κ2) is 12.6. The Balaban J connectivity index is 1.11. The molecule has 2 aliphatic rings. The fourth-order valence-corrected chi connectivity index (χ4v) is 8.04. The quantitative estimate of drug-likeness (QED) is 0.183. The molecule has 0 spiro atoms. The summed E-state index contributed by atoms with van der Waals surface area (Å²) in [4.78, 5) is 14.2. The SMILES string of the molecule is C1=CC(C2=CCc3c(n(-c4ccc5oc6cc(-c7ccccn7)c(-c7ccccn7)cc6c5c4)c4ccccc34)CC2)=C(c2ccccn2)C=CC1. The molecule has 0 radical (unpaired) electrons. The highest BCUT2D eigenvalue weighted by atomic mass is 16.3. The summed E-state index contributed by atoms with van der Waals surface area (Å²) in [7, 11) is 0. The van der Waals surface area contributed by atoms with Gasteiger partial charge in [-0.2, -0.15) is 0 Å². The minimum Gasteiger partial charge on any atom is -0.456 e. The molecule has 0 saturated carbocycles. The van der Waals surface area contributed by atoms with E-state index in [-0.39, 0.29) is 0 Å². The number of rotatable bonds is 5. The van der Waals surface area contributed by atoms with E-state index >= 15 is 0 Å². The van der Waals surface area contributed by atoms with Gasteiger partial charge in [0.05, 0.1) is 22.6 Å². The molecule has 52 heavy (non-hydrogen) atoms. The van der Waals surface area contributed by atoms with Gasteiger partial charge < -0.3 is 8.98 Å². The van der Waals surface area contributed by atoms with Gasteiger partial charge in [0, 0.05) is 62.8 Å². The Hall–Kier alpha value is -6.59. The molecule has 3 aromatic carbocycles. The first-order chi connectivity index (χ1) is 25.8. The molecule has 8 aromatic rings. The number of hydrogen-bond acceptors (Lipinski definition) is 4. The number of pyridine rings is 3. The van der Waals surface area contributed by atoms with E-state index in [0.29, 0.717) is 0 Å². The first-order valence-corrected chi connectivity index (χ1v) is 17.9. The van der Waals surface area contributed by atoms with Crippen LogP contribution in [0.15, 0.2) is 174 Å². The van der Waals surface area contributed by atoms with Crippen molar-refractivity contribution in [2.24, 2.45) is 0 Å². The van der Waals surface area contributed by atoms with Crippen LogP contribution in [0.25, 0.3) is 66.6 Å². The normalized spacial score (nSPS) is 14.5. The molecular weight excluding hydrogens is 637 g/mol. The van der Waals surface area contributed by atoms with Crippen molar-refractivity contribution in [3.05, 3.63) is 186 Å². The van der Waals surface area contributed by atoms with Crippen LogP contribution in [-0.2, 0) is 12.8 Å². The third-order valence-electron chi connectivity index (χ3n) is 10.4. The van der Waals surface area contributed by atoms with Crippen molar-refractivity contribution in [2.45, 2.75) is 25.7 Å². The predicted molar refractivity (Wildman–Crippen MR) is 211 cm³/mol. The number of fused-ring (bicyclic) bond motifs is 6. The number of benzene rings is 3. The first-order valence-electron chi connectivity index (χ1n) is 17.9. The van der Waals surface area contributed by atoms with Crippen LogP contribution in [0, 0.1) is 0 Å². The summed E-state index contributed by atoms with van der Waals surface area (Å²) in [6, 6.07) is 38.0. The van der Waals surface area contributed by atoms with E-state index in [1.165, 1.54) is 38.9 Å². The predicted octanol–water partition coefficient (Wildman–Crippen LogP) is 11.4. The largest absolute Gasteiger partial charge is 0.456 e. The summed E-state index contributed by atoms with van der Waals surface area (Å²) in [6.45, 7) is 0. The first kappa shape index (κ1) is 30.3. The lowest BCUT2D eigenvalue weighted by Crippen LogP contribution is -2.02. The van der Waals surface area contributed by atoms with Gasteiger partial charge in [-0.05, 0) is 115 Å². The van der Waals surface area contributed by atoms with Gasteiger partial charge in [-0.25, -0.2) is 0 Å². The third-order valence-corrected chi connectivity index (χ3v) is 10.4. The van der Waals surface area contributed by atoms with Gasteiger partial charge in [-0.3, -0.25) is 15.0 Å². The summed E-state index contributed by atoms with van der Waals surface area (Å²) >= 11 is 0. The smallest absolute Gasteiger partial charge is 0.136 e. The lowest BCUT2D eigenvalue weighted by atomic mass is 9.94. The number of furan rings is 1. The summed E-state index contributed by atoms with van der Waals surface area (Å²) in [5, 5.41) is 3.45. The maximum absolute atomic E-state index is 6.55. The van der Waals surface area contributed by atoms with Crippen molar-refractivity contribution in [1.82, 2.24) is 19.5 Å². The second-order valence-corrected chi connectivity index (χ2v) is 13.4. The molecule has 5 aromatic heterocycles. The highest BCUT2D eigenvalue weighted by molar-refractivity contribution is 6.09. The number of nitrogens with zero attached hydrogens (tertiary/aromatic N) is 4. The molecule has 0 unspecified atom stereocenters. The van der Waals surface area contributed by atoms with E-state index < -0.39 is 0 Å². The zero-order chi connectivity index (χ0) is 34.4. The second-order valence-electron chi connectivity index (χ2n) is 13.4. The Morgan fingerprint density at radius 2 is 1.23 bits per heavy atom. The van der Waals surface area contributed by atoms with Crippen LogP contribution in [0.2, 0.25) is 0 Å². The number of allylic oxidation sites excluding steroid dienone is 8. The topological polar surface area (TPSA) is 56.7 Å². The van der Waals surface area contributed by atoms with E-state index in [2.05, 4.69) is 108 Å². The summed E-state index contributed by atoms with van der Waals surface area (Å²) < 4.78 is 9.03. The molecule has 2 aliphatic carbocycles. The van der Waals surface area contributed by atoms with Crippen LogP contribution in [0.4, 0.5) is 0 Å². The van der Waals surface area contributed by atoms with Gasteiger partial charge in [-0.15, -0.1) is 0 Å². The molecule has 248 valence electrons.